The molecule has 1 aromatic carbocycles. The smallest absolute Gasteiger partial charge is 0.154 e. The molecule has 4 aromatic heterocycles. The summed E-state index contributed by atoms with van der Waals surface area (Å²) in [5.74, 6) is 0.629. The van der Waals surface area contributed by atoms with Gasteiger partial charge in [0.05, 0.1) is 41.1 Å². The number of hydrogen-bond acceptors (Lipinski definition) is 6. The molecule has 5 aromatic rings. The molecule has 5 rings (SSSR count). The van der Waals surface area contributed by atoms with Gasteiger partial charge in [0.15, 0.2) is 5.82 Å². The highest BCUT2D eigenvalue weighted by atomic mass is 16.3. The fourth-order valence-electron chi connectivity index (χ4n) is 3.62. The zero-order valence-corrected chi connectivity index (χ0v) is 16.9. The van der Waals surface area contributed by atoms with Crippen LogP contribution in [-0.4, -0.2) is 35.1 Å². The third-order valence-corrected chi connectivity index (χ3v) is 5.17. The molecule has 0 fully saturated rings. The number of nitrogens with zero attached hydrogens (tertiary/aromatic N) is 5. The van der Waals surface area contributed by atoms with E-state index >= 15 is 0 Å². The fraction of sp³-hybridized carbons (Fsp3) is 0.130. The minimum atomic E-state index is -0.162. The average Bonchev–Trinajstić information content (AvgIpc) is 3.49. The maximum atomic E-state index is 9.48. The molecule has 0 aliphatic heterocycles. The summed E-state index contributed by atoms with van der Waals surface area (Å²) >= 11 is 0. The summed E-state index contributed by atoms with van der Waals surface area (Å²) in [6.45, 7) is 1.78. The number of nitrogens with one attached hydrogen (secondary N) is 1. The quantitative estimate of drug-likeness (QED) is 0.408. The Morgan fingerprint density at radius 1 is 1.06 bits per heavy atom. The summed E-state index contributed by atoms with van der Waals surface area (Å²) < 4.78 is 1.77. The number of H-pyrrole nitrogens is 1. The summed E-state index contributed by atoms with van der Waals surface area (Å²) in [6, 6.07) is 17.2. The van der Waals surface area contributed by atoms with Crippen molar-refractivity contribution in [2.75, 3.05) is 0 Å². The summed E-state index contributed by atoms with van der Waals surface area (Å²) in [4.78, 5) is 9.27. The Hall–Kier alpha value is -3.88. The Morgan fingerprint density at radius 2 is 1.94 bits per heavy atom. The van der Waals surface area contributed by atoms with Gasteiger partial charge in [-0.05, 0) is 49.4 Å². The topological polar surface area (TPSA) is 119 Å². The van der Waals surface area contributed by atoms with E-state index < -0.39 is 0 Å². The minimum absolute atomic E-state index is 0.134. The third-order valence-electron chi connectivity index (χ3n) is 5.17. The largest absolute Gasteiger partial charge is 0.390 e. The van der Waals surface area contributed by atoms with Crippen LogP contribution in [0.3, 0.4) is 0 Å². The molecular formula is C23H21N7O. The normalized spacial score (nSPS) is 12.4. The first-order valence-electron chi connectivity index (χ1n) is 9.96. The molecule has 4 N–H and O–H groups in total. The zero-order chi connectivity index (χ0) is 21.4. The second kappa shape index (κ2) is 7.75. The van der Waals surface area contributed by atoms with Gasteiger partial charge >= 0.3 is 0 Å². The molecule has 0 radical (unpaired) electrons. The van der Waals surface area contributed by atoms with Gasteiger partial charge in [-0.1, -0.05) is 12.1 Å². The molecule has 4 heterocycles. The Bertz CT molecular complexity index is 1360. The lowest BCUT2D eigenvalue weighted by Gasteiger charge is -2.11. The molecule has 8 nitrogen and oxygen atoms in total. The summed E-state index contributed by atoms with van der Waals surface area (Å²) in [5, 5.41) is 22.3. The molecule has 0 saturated carbocycles. The highest BCUT2D eigenvalue weighted by Crippen LogP contribution is 2.33. The van der Waals surface area contributed by atoms with E-state index in [9.17, 15) is 5.11 Å². The summed E-state index contributed by atoms with van der Waals surface area (Å²) in [7, 11) is 0. The molecule has 0 saturated heterocycles. The van der Waals surface area contributed by atoms with Crippen molar-refractivity contribution in [3.05, 3.63) is 78.4 Å². The Balaban J connectivity index is 1.76. The Kier molecular flexibility index (Phi) is 4.78. The van der Waals surface area contributed by atoms with Gasteiger partial charge in [0.25, 0.3) is 0 Å². The second-order valence-corrected chi connectivity index (χ2v) is 7.35. The molecule has 0 spiro atoms. The van der Waals surface area contributed by atoms with Crippen LogP contribution in [0, 0.1) is 0 Å². The van der Waals surface area contributed by atoms with E-state index in [0.29, 0.717) is 11.5 Å². The molecule has 0 unspecified atom stereocenters. The van der Waals surface area contributed by atoms with Crippen LogP contribution in [0.2, 0.25) is 0 Å². The number of nitrogens with two attached hydrogens (primary N) is 1. The number of pyridine rings is 2. The van der Waals surface area contributed by atoms with Crippen LogP contribution in [0.25, 0.3) is 39.2 Å². The van der Waals surface area contributed by atoms with Crippen LogP contribution in [0.15, 0.2) is 67.0 Å². The van der Waals surface area contributed by atoms with Crippen LogP contribution >= 0.6 is 0 Å². The first-order valence-corrected chi connectivity index (χ1v) is 9.96. The van der Waals surface area contributed by atoms with E-state index in [-0.39, 0.29) is 12.6 Å². The van der Waals surface area contributed by atoms with Crippen molar-refractivity contribution in [1.82, 2.24) is 29.9 Å². The number of aliphatic hydroxyl groups excluding tert-OH is 1. The third kappa shape index (κ3) is 3.48. The standard InChI is InChI=1S/C23H21N7O/c1-14(24)19-5-3-6-20(28-19)15-10-17(21-8-9-25-29-21)18-12-26-30(22(18)11-15)23-7-2-4-16(13-31)27-23/h2-12,14,31H,13,24H2,1H3,(H,25,29)/t14-/m0/s1. The van der Waals surface area contributed by atoms with Crippen LogP contribution in [-0.2, 0) is 6.61 Å². The molecule has 1 atom stereocenters. The highest BCUT2D eigenvalue weighted by molar-refractivity contribution is 5.97. The lowest BCUT2D eigenvalue weighted by Crippen LogP contribution is -2.07. The van der Waals surface area contributed by atoms with E-state index in [2.05, 4.69) is 26.3 Å². The first kappa shape index (κ1) is 19.1. The van der Waals surface area contributed by atoms with Crippen LogP contribution in [0.1, 0.15) is 24.4 Å². The van der Waals surface area contributed by atoms with E-state index in [0.717, 1.165) is 39.1 Å². The summed E-state index contributed by atoms with van der Waals surface area (Å²) in [5.41, 5.74) is 11.8. The Morgan fingerprint density at radius 3 is 2.71 bits per heavy atom. The predicted octanol–water partition coefficient (Wildman–Crippen LogP) is 3.38. The van der Waals surface area contributed by atoms with Crippen LogP contribution in [0.5, 0.6) is 0 Å². The van der Waals surface area contributed by atoms with Crippen LogP contribution < -0.4 is 5.73 Å². The van der Waals surface area contributed by atoms with E-state index in [1.54, 1.807) is 16.9 Å². The van der Waals surface area contributed by atoms with Crippen molar-refractivity contribution in [2.45, 2.75) is 19.6 Å². The van der Waals surface area contributed by atoms with Gasteiger partial charge in [0.2, 0.25) is 0 Å². The van der Waals surface area contributed by atoms with Gasteiger partial charge in [-0.15, -0.1) is 0 Å². The van der Waals surface area contributed by atoms with Gasteiger partial charge in [0, 0.05) is 28.8 Å². The fourth-order valence-corrected chi connectivity index (χ4v) is 3.62. The SMILES string of the molecule is C[C@H](N)c1cccc(-c2cc(-c3cc[nH]n3)c3cnn(-c4cccc(CO)n4)c3c2)n1. The van der Waals surface area contributed by atoms with E-state index in [1.165, 1.54) is 0 Å². The van der Waals surface area contributed by atoms with Crippen molar-refractivity contribution in [1.29, 1.82) is 0 Å². The molecule has 154 valence electrons. The lowest BCUT2D eigenvalue weighted by molar-refractivity contribution is 0.276. The molecule has 0 bridgehead atoms. The van der Waals surface area contributed by atoms with E-state index in [1.807, 2.05) is 55.6 Å². The molecule has 0 aliphatic carbocycles. The zero-order valence-electron chi connectivity index (χ0n) is 16.9. The van der Waals surface area contributed by atoms with Gasteiger partial charge in [-0.3, -0.25) is 10.1 Å². The number of rotatable bonds is 5. The van der Waals surface area contributed by atoms with E-state index in [4.69, 9.17) is 10.7 Å². The molecule has 8 heteroatoms. The highest BCUT2D eigenvalue weighted by Gasteiger charge is 2.16. The van der Waals surface area contributed by atoms with Crippen molar-refractivity contribution >= 4 is 10.9 Å². The van der Waals surface area contributed by atoms with Gasteiger partial charge in [-0.25, -0.2) is 9.67 Å². The molecule has 31 heavy (non-hydrogen) atoms. The van der Waals surface area contributed by atoms with Crippen molar-refractivity contribution in [3.63, 3.8) is 0 Å². The minimum Gasteiger partial charge on any atom is -0.390 e. The first-order chi connectivity index (χ1) is 15.1. The van der Waals surface area contributed by atoms with Crippen molar-refractivity contribution in [3.8, 4) is 28.3 Å². The van der Waals surface area contributed by atoms with Crippen LogP contribution in [0.4, 0.5) is 0 Å². The van der Waals surface area contributed by atoms with Gasteiger partial charge in [0.1, 0.15) is 0 Å². The lowest BCUT2D eigenvalue weighted by atomic mass is 10.0. The number of aromatic nitrogens is 6. The monoisotopic (exact) mass is 411 g/mol. The summed E-state index contributed by atoms with van der Waals surface area (Å²) in [6.07, 6.45) is 3.60. The number of hydrogen-bond donors (Lipinski definition) is 3. The molecule has 0 amide bonds. The molecule has 0 aliphatic rings. The molecular weight excluding hydrogens is 390 g/mol. The Labute approximate surface area is 178 Å². The average molecular weight is 411 g/mol. The number of fused-ring (bicyclic) bond motifs is 1. The number of aliphatic hydroxyl groups is 1. The van der Waals surface area contributed by atoms with Gasteiger partial charge in [-0.2, -0.15) is 10.2 Å². The van der Waals surface area contributed by atoms with Crippen molar-refractivity contribution < 1.29 is 5.11 Å². The van der Waals surface area contributed by atoms with Gasteiger partial charge < -0.3 is 10.8 Å². The van der Waals surface area contributed by atoms with Crippen molar-refractivity contribution in [2.24, 2.45) is 5.73 Å². The predicted molar refractivity (Wildman–Crippen MR) is 118 cm³/mol. The number of aromatic amines is 1. The second-order valence-electron chi connectivity index (χ2n) is 7.35. The maximum absolute atomic E-state index is 9.48. The maximum Gasteiger partial charge on any atom is 0.154 e. The number of benzene rings is 1.